The maximum absolute atomic E-state index is 5.89. The van der Waals surface area contributed by atoms with Crippen LogP contribution in [0.4, 0.5) is 0 Å². The summed E-state index contributed by atoms with van der Waals surface area (Å²) in [6, 6.07) is 0.752. The van der Waals surface area contributed by atoms with E-state index in [4.69, 9.17) is 4.74 Å². The average Bonchev–Trinajstić information content (AvgIpc) is 2.95. The molecule has 20 heavy (non-hydrogen) atoms. The number of nitrogens with zero attached hydrogens (tertiary/aromatic N) is 1. The minimum absolute atomic E-state index is 0.408. The zero-order valence-corrected chi connectivity index (χ0v) is 13.2. The molecule has 3 fully saturated rings. The van der Waals surface area contributed by atoms with Gasteiger partial charge in [-0.25, -0.2) is 0 Å². The Morgan fingerprint density at radius 2 is 1.90 bits per heavy atom. The van der Waals surface area contributed by atoms with E-state index in [0.29, 0.717) is 6.10 Å². The molecule has 0 bridgehead atoms. The summed E-state index contributed by atoms with van der Waals surface area (Å²) in [5.41, 5.74) is 0.762. The Morgan fingerprint density at radius 1 is 1.15 bits per heavy atom. The van der Waals surface area contributed by atoms with E-state index in [1.807, 2.05) is 0 Å². The lowest BCUT2D eigenvalue weighted by Crippen LogP contribution is -2.48. The Bertz CT molecular complexity index is 291. The van der Waals surface area contributed by atoms with Crippen molar-refractivity contribution in [3.8, 4) is 0 Å². The number of hydrogen-bond acceptors (Lipinski definition) is 3. The minimum Gasteiger partial charge on any atom is -0.374 e. The van der Waals surface area contributed by atoms with E-state index in [-0.39, 0.29) is 0 Å². The fourth-order valence-corrected chi connectivity index (χ4v) is 4.55. The van der Waals surface area contributed by atoms with Crippen molar-refractivity contribution in [2.24, 2.45) is 5.41 Å². The van der Waals surface area contributed by atoms with Gasteiger partial charge in [0.15, 0.2) is 0 Å². The molecule has 0 aromatic rings. The highest BCUT2D eigenvalue weighted by Gasteiger charge is 2.37. The van der Waals surface area contributed by atoms with E-state index < -0.39 is 0 Å². The number of nitrogens with one attached hydrogen (secondary N) is 1. The average molecular weight is 280 g/mol. The maximum atomic E-state index is 5.89. The SMILES string of the molecule is CCN1CCOC(CNC2CCC3(CCCC3)CC2)C1. The van der Waals surface area contributed by atoms with Gasteiger partial charge in [0.2, 0.25) is 0 Å². The van der Waals surface area contributed by atoms with Crippen LogP contribution in [0.15, 0.2) is 0 Å². The maximum Gasteiger partial charge on any atom is 0.0826 e. The first-order valence-electron chi connectivity index (χ1n) is 8.87. The summed E-state index contributed by atoms with van der Waals surface area (Å²) in [6.45, 7) is 7.59. The molecule has 2 saturated carbocycles. The standard InChI is InChI=1S/C17H32N2O/c1-2-19-11-12-20-16(14-19)13-18-15-5-9-17(10-6-15)7-3-4-8-17/h15-16,18H,2-14H2,1H3. The second-order valence-electron chi connectivity index (χ2n) is 7.28. The molecular formula is C17H32N2O. The molecule has 3 rings (SSSR count). The summed E-state index contributed by atoms with van der Waals surface area (Å²) in [7, 11) is 0. The summed E-state index contributed by atoms with van der Waals surface area (Å²) in [5.74, 6) is 0. The van der Waals surface area contributed by atoms with E-state index in [1.165, 1.54) is 51.4 Å². The lowest BCUT2D eigenvalue weighted by molar-refractivity contribution is -0.0273. The lowest BCUT2D eigenvalue weighted by Gasteiger charge is -2.39. The molecule has 1 spiro atoms. The molecule has 2 aliphatic carbocycles. The third-order valence-electron chi connectivity index (χ3n) is 6.01. The molecule has 1 atom stereocenters. The Hall–Kier alpha value is -0.120. The van der Waals surface area contributed by atoms with E-state index in [9.17, 15) is 0 Å². The third-order valence-corrected chi connectivity index (χ3v) is 6.01. The second kappa shape index (κ2) is 6.76. The first kappa shape index (κ1) is 14.8. The molecule has 1 unspecified atom stereocenters. The minimum atomic E-state index is 0.408. The highest BCUT2D eigenvalue weighted by atomic mass is 16.5. The van der Waals surface area contributed by atoms with E-state index >= 15 is 0 Å². The molecule has 0 amide bonds. The summed E-state index contributed by atoms with van der Waals surface area (Å²) in [6.07, 6.45) is 12.1. The number of rotatable bonds is 4. The van der Waals surface area contributed by atoms with Gasteiger partial charge in [-0.2, -0.15) is 0 Å². The number of hydrogen-bond donors (Lipinski definition) is 1. The third kappa shape index (κ3) is 3.55. The van der Waals surface area contributed by atoms with Crippen molar-refractivity contribution in [3.63, 3.8) is 0 Å². The van der Waals surface area contributed by atoms with Gasteiger partial charge in [-0.3, -0.25) is 4.90 Å². The lowest BCUT2D eigenvalue weighted by atomic mass is 9.71. The van der Waals surface area contributed by atoms with E-state index in [2.05, 4.69) is 17.1 Å². The van der Waals surface area contributed by atoms with Gasteiger partial charge in [0.1, 0.15) is 0 Å². The van der Waals surface area contributed by atoms with Gasteiger partial charge in [-0.15, -0.1) is 0 Å². The zero-order valence-electron chi connectivity index (χ0n) is 13.2. The topological polar surface area (TPSA) is 24.5 Å². The summed E-state index contributed by atoms with van der Waals surface area (Å²) in [5, 5.41) is 3.79. The molecule has 116 valence electrons. The van der Waals surface area contributed by atoms with Crippen LogP contribution in [0.25, 0.3) is 0 Å². The van der Waals surface area contributed by atoms with Crippen molar-refractivity contribution in [2.45, 2.75) is 70.4 Å². The molecule has 0 radical (unpaired) electrons. The van der Waals surface area contributed by atoms with Gasteiger partial charge in [0.05, 0.1) is 12.7 Å². The molecule has 3 aliphatic rings. The van der Waals surface area contributed by atoms with Gasteiger partial charge < -0.3 is 10.1 Å². The van der Waals surface area contributed by atoms with Crippen LogP contribution in [0.1, 0.15) is 58.3 Å². The predicted octanol–water partition coefficient (Wildman–Crippen LogP) is 2.80. The fraction of sp³-hybridized carbons (Fsp3) is 1.00. The van der Waals surface area contributed by atoms with Crippen molar-refractivity contribution < 1.29 is 4.74 Å². The van der Waals surface area contributed by atoms with Gasteiger partial charge in [0, 0.05) is 25.7 Å². The molecular weight excluding hydrogens is 248 g/mol. The smallest absolute Gasteiger partial charge is 0.0826 e. The highest BCUT2D eigenvalue weighted by molar-refractivity contribution is 4.91. The van der Waals surface area contributed by atoms with Crippen LogP contribution < -0.4 is 5.32 Å². The molecule has 3 nitrogen and oxygen atoms in total. The van der Waals surface area contributed by atoms with Crippen LogP contribution in [-0.4, -0.2) is 49.8 Å². The van der Waals surface area contributed by atoms with Crippen LogP contribution in [0.3, 0.4) is 0 Å². The Balaban J connectivity index is 1.37. The van der Waals surface area contributed by atoms with Crippen LogP contribution >= 0.6 is 0 Å². The van der Waals surface area contributed by atoms with Crippen LogP contribution in [0.5, 0.6) is 0 Å². The summed E-state index contributed by atoms with van der Waals surface area (Å²) in [4.78, 5) is 2.50. The normalized spacial score (nSPS) is 31.9. The quantitative estimate of drug-likeness (QED) is 0.857. The van der Waals surface area contributed by atoms with Gasteiger partial charge >= 0.3 is 0 Å². The molecule has 1 N–H and O–H groups in total. The fourth-order valence-electron chi connectivity index (χ4n) is 4.55. The van der Waals surface area contributed by atoms with Crippen LogP contribution in [-0.2, 0) is 4.74 Å². The largest absolute Gasteiger partial charge is 0.374 e. The summed E-state index contributed by atoms with van der Waals surface area (Å²) >= 11 is 0. The summed E-state index contributed by atoms with van der Waals surface area (Å²) < 4.78 is 5.89. The molecule has 0 aromatic carbocycles. The van der Waals surface area contributed by atoms with Crippen molar-refractivity contribution in [2.75, 3.05) is 32.8 Å². The Kier molecular flexibility index (Phi) is 5.00. The van der Waals surface area contributed by atoms with Gasteiger partial charge in [-0.1, -0.05) is 19.8 Å². The van der Waals surface area contributed by atoms with Crippen molar-refractivity contribution >= 4 is 0 Å². The number of likely N-dealkylation sites (N-methyl/N-ethyl adjacent to an activating group) is 1. The first-order valence-corrected chi connectivity index (χ1v) is 8.87. The number of ether oxygens (including phenoxy) is 1. The predicted molar refractivity (Wildman–Crippen MR) is 83.0 cm³/mol. The van der Waals surface area contributed by atoms with Crippen LogP contribution in [0, 0.1) is 5.41 Å². The number of morpholine rings is 1. The Morgan fingerprint density at radius 3 is 2.60 bits per heavy atom. The van der Waals surface area contributed by atoms with E-state index in [1.54, 1.807) is 0 Å². The van der Waals surface area contributed by atoms with Gasteiger partial charge in [-0.05, 0) is 50.5 Å². The highest BCUT2D eigenvalue weighted by Crippen LogP contribution is 2.48. The molecule has 0 aromatic heterocycles. The van der Waals surface area contributed by atoms with E-state index in [0.717, 1.165) is 44.2 Å². The first-order chi connectivity index (χ1) is 9.80. The van der Waals surface area contributed by atoms with Crippen LogP contribution in [0.2, 0.25) is 0 Å². The molecule has 3 heteroatoms. The Labute approximate surface area is 124 Å². The van der Waals surface area contributed by atoms with Crippen molar-refractivity contribution in [1.29, 1.82) is 0 Å². The second-order valence-corrected chi connectivity index (χ2v) is 7.28. The zero-order chi connectivity index (χ0) is 13.8. The molecule has 1 heterocycles. The molecule has 1 aliphatic heterocycles. The van der Waals surface area contributed by atoms with Crippen molar-refractivity contribution in [3.05, 3.63) is 0 Å². The monoisotopic (exact) mass is 280 g/mol. The van der Waals surface area contributed by atoms with Crippen molar-refractivity contribution in [1.82, 2.24) is 10.2 Å². The molecule has 1 saturated heterocycles. The van der Waals surface area contributed by atoms with Gasteiger partial charge in [0.25, 0.3) is 0 Å².